The first-order valence-corrected chi connectivity index (χ1v) is 6.91. The Hall–Kier alpha value is -2.01. The number of nitrogens with one attached hydrogen (secondary N) is 1. The Balaban J connectivity index is 2.20. The van der Waals surface area contributed by atoms with Gasteiger partial charge in [-0.1, -0.05) is 6.07 Å². The summed E-state index contributed by atoms with van der Waals surface area (Å²) in [4.78, 5) is 12.8. The quantitative estimate of drug-likeness (QED) is 0.723. The number of thiol groups is 1. The van der Waals surface area contributed by atoms with Crippen molar-refractivity contribution in [3.63, 3.8) is 0 Å². The fourth-order valence-corrected chi connectivity index (χ4v) is 2.39. The average Bonchev–Trinajstić information content (AvgIpc) is 2.88. The van der Waals surface area contributed by atoms with Gasteiger partial charge in [-0.05, 0) is 31.5 Å². The maximum absolute atomic E-state index is 5.75. The van der Waals surface area contributed by atoms with Crippen molar-refractivity contribution in [3.8, 4) is 17.1 Å². The SMILES string of the molecule is CCOc1c(-c2nc3cnccc3[nH]2)ccc(C)c1S. The zero-order valence-corrected chi connectivity index (χ0v) is 12.2. The predicted molar refractivity (Wildman–Crippen MR) is 82.5 cm³/mol. The third-order valence-electron chi connectivity index (χ3n) is 3.16. The summed E-state index contributed by atoms with van der Waals surface area (Å²) < 4.78 is 5.75. The molecule has 2 aromatic heterocycles. The maximum Gasteiger partial charge on any atom is 0.143 e. The zero-order chi connectivity index (χ0) is 14.1. The molecule has 0 aliphatic rings. The summed E-state index contributed by atoms with van der Waals surface area (Å²) in [5, 5.41) is 0. The summed E-state index contributed by atoms with van der Waals surface area (Å²) >= 11 is 4.55. The van der Waals surface area contributed by atoms with E-state index in [0.29, 0.717) is 6.61 Å². The van der Waals surface area contributed by atoms with Crippen molar-refractivity contribution in [3.05, 3.63) is 36.2 Å². The monoisotopic (exact) mass is 285 g/mol. The molecule has 0 aliphatic carbocycles. The molecular formula is C15H15N3OS. The van der Waals surface area contributed by atoms with E-state index in [1.165, 1.54) is 0 Å². The predicted octanol–water partition coefficient (Wildman–Crippen LogP) is 3.62. The van der Waals surface area contributed by atoms with Crippen LogP contribution in [0.2, 0.25) is 0 Å². The molecule has 0 fully saturated rings. The van der Waals surface area contributed by atoms with Gasteiger partial charge in [0.05, 0.1) is 23.9 Å². The van der Waals surface area contributed by atoms with Gasteiger partial charge in [0.25, 0.3) is 0 Å². The van der Waals surface area contributed by atoms with Gasteiger partial charge in [0, 0.05) is 11.1 Å². The zero-order valence-electron chi connectivity index (χ0n) is 11.3. The summed E-state index contributed by atoms with van der Waals surface area (Å²) in [5.74, 6) is 1.54. The molecule has 0 bridgehead atoms. The van der Waals surface area contributed by atoms with Gasteiger partial charge in [-0.15, -0.1) is 12.6 Å². The Morgan fingerprint density at radius 2 is 2.15 bits per heavy atom. The first-order valence-electron chi connectivity index (χ1n) is 6.46. The van der Waals surface area contributed by atoms with Crippen LogP contribution >= 0.6 is 12.6 Å². The minimum Gasteiger partial charge on any atom is -0.492 e. The fraction of sp³-hybridized carbons (Fsp3) is 0.200. The normalized spacial score (nSPS) is 10.9. The Labute approximate surface area is 122 Å². The van der Waals surface area contributed by atoms with E-state index in [-0.39, 0.29) is 0 Å². The van der Waals surface area contributed by atoms with Crippen LogP contribution in [0.1, 0.15) is 12.5 Å². The molecule has 5 heteroatoms. The molecule has 4 nitrogen and oxygen atoms in total. The first-order chi connectivity index (χ1) is 9.70. The molecule has 1 aromatic carbocycles. The summed E-state index contributed by atoms with van der Waals surface area (Å²) in [6, 6.07) is 5.93. The van der Waals surface area contributed by atoms with Crippen molar-refractivity contribution in [2.24, 2.45) is 0 Å². The molecule has 0 aliphatic heterocycles. The Kier molecular flexibility index (Phi) is 3.36. The van der Waals surface area contributed by atoms with Crippen LogP contribution in [-0.2, 0) is 0 Å². The van der Waals surface area contributed by atoms with Crippen molar-refractivity contribution < 1.29 is 4.74 Å². The molecule has 102 valence electrons. The second-order valence-electron chi connectivity index (χ2n) is 4.52. The number of pyridine rings is 1. The highest BCUT2D eigenvalue weighted by atomic mass is 32.1. The third kappa shape index (κ3) is 2.14. The molecule has 3 aromatic rings. The lowest BCUT2D eigenvalue weighted by Crippen LogP contribution is -1.97. The number of aromatic nitrogens is 3. The third-order valence-corrected chi connectivity index (χ3v) is 3.72. The second-order valence-corrected chi connectivity index (χ2v) is 4.97. The van der Waals surface area contributed by atoms with Crippen molar-refractivity contribution in [1.29, 1.82) is 0 Å². The van der Waals surface area contributed by atoms with Crippen LogP contribution in [-0.4, -0.2) is 21.6 Å². The van der Waals surface area contributed by atoms with Crippen LogP contribution in [0.3, 0.4) is 0 Å². The topological polar surface area (TPSA) is 50.8 Å². The van der Waals surface area contributed by atoms with E-state index in [2.05, 4.69) is 27.6 Å². The molecule has 2 heterocycles. The highest BCUT2D eigenvalue weighted by Crippen LogP contribution is 2.36. The highest BCUT2D eigenvalue weighted by molar-refractivity contribution is 7.80. The van der Waals surface area contributed by atoms with E-state index in [0.717, 1.165) is 38.6 Å². The van der Waals surface area contributed by atoms with Gasteiger partial charge >= 0.3 is 0 Å². The molecule has 0 amide bonds. The standard InChI is InChI=1S/C15H15N3OS/c1-3-19-13-10(5-4-9(2)14(13)20)15-17-11-6-7-16-8-12(11)18-15/h4-8,20H,3H2,1-2H3,(H,17,18). The number of ether oxygens (including phenoxy) is 1. The number of fused-ring (bicyclic) bond motifs is 1. The maximum atomic E-state index is 5.75. The Morgan fingerprint density at radius 3 is 2.90 bits per heavy atom. The Morgan fingerprint density at radius 1 is 1.30 bits per heavy atom. The number of hydrogen-bond donors (Lipinski definition) is 2. The van der Waals surface area contributed by atoms with Crippen LogP contribution < -0.4 is 4.74 Å². The van der Waals surface area contributed by atoms with Crippen LogP contribution in [0.4, 0.5) is 0 Å². The number of H-pyrrole nitrogens is 1. The van der Waals surface area contributed by atoms with Gasteiger partial charge in [-0.25, -0.2) is 4.98 Å². The summed E-state index contributed by atoms with van der Waals surface area (Å²) in [7, 11) is 0. The van der Waals surface area contributed by atoms with Crippen molar-refractivity contribution in [1.82, 2.24) is 15.0 Å². The molecule has 0 radical (unpaired) electrons. The van der Waals surface area contributed by atoms with Gasteiger partial charge in [-0.3, -0.25) is 4.98 Å². The minimum absolute atomic E-state index is 0.589. The van der Waals surface area contributed by atoms with Crippen LogP contribution in [0.15, 0.2) is 35.5 Å². The number of imidazole rings is 1. The largest absolute Gasteiger partial charge is 0.492 e. The number of aromatic amines is 1. The highest BCUT2D eigenvalue weighted by Gasteiger charge is 2.15. The lowest BCUT2D eigenvalue weighted by molar-refractivity contribution is 0.333. The Bertz CT molecular complexity index is 734. The number of aryl methyl sites for hydroxylation is 1. The van der Waals surface area contributed by atoms with E-state index in [1.807, 2.05) is 32.0 Å². The lowest BCUT2D eigenvalue weighted by Gasteiger charge is -2.12. The number of benzene rings is 1. The number of hydrogen-bond acceptors (Lipinski definition) is 4. The molecule has 0 spiro atoms. The van der Waals surface area contributed by atoms with Gasteiger partial charge < -0.3 is 9.72 Å². The van der Waals surface area contributed by atoms with Gasteiger partial charge in [0.1, 0.15) is 17.1 Å². The van der Waals surface area contributed by atoms with Crippen LogP contribution in [0.5, 0.6) is 5.75 Å². The van der Waals surface area contributed by atoms with Crippen molar-refractivity contribution in [2.45, 2.75) is 18.7 Å². The molecule has 0 saturated heterocycles. The average molecular weight is 285 g/mol. The van der Waals surface area contributed by atoms with Gasteiger partial charge in [0.2, 0.25) is 0 Å². The molecule has 0 saturated carbocycles. The molecule has 20 heavy (non-hydrogen) atoms. The summed E-state index contributed by atoms with van der Waals surface area (Å²) in [6.07, 6.45) is 3.48. The number of nitrogens with zero attached hydrogens (tertiary/aromatic N) is 2. The van der Waals surface area contributed by atoms with Gasteiger partial charge in [-0.2, -0.15) is 0 Å². The molecule has 0 atom stereocenters. The van der Waals surface area contributed by atoms with E-state index < -0.39 is 0 Å². The molecule has 0 unspecified atom stereocenters. The minimum atomic E-state index is 0.589. The molecule has 1 N–H and O–H groups in total. The summed E-state index contributed by atoms with van der Waals surface area (Å²) in [6.45, 7) is 4.56. The lowest BCUT2D eigenvalue weighted by atomic mass is 10.1. The van der Waals surface area contributed by atoms with Gasteiger partial charge in [0.15, 0.2) is 0 Å². The van der Waals surface area contributed by atoms with E-state index >= 15 is 0 Å². The smallest absolute Gasteiger partial charge is 0.143 e. The van der Waals surface area contributed by atoms with E-state index in [9.17, 15) is 0 Å². The second kappa shape index (κ2) is 5.17. The van der Waals surface area contributed by atoms with Crippen molar-refractivity contribution in [2.75, 3.05) is 6.61 Å². The number of rotatable bonds is 3. The fourth-order valence-electron chi connectivity index (χ4n) is 2.13. The van der Waals surface area contributed by atoms with Crippen LogP contribution in [0, 0.1) is 6.92 Å². The first kappa shape index (κ1) is 13.0. The molecular weight excluding hydrogens is 270 g/mol. The van der Waals surface area contributed by atoms with E-state index in [4.69, 9.17) is 4.74 Å². The summed E-state index contributed by atoms with van der Waals surface area (Å²) in [5.41, 5.74) is 3.79. The van der Waals surface area contributed by atoms with Crippen molar-refractivity contribution >= 4 is 23.7 Å². The molecule has 3 rings (SSSR count). The van der Waals surface area contributed by atoms with E-state index in [1.54, 1.807) is 12.4 Å². The van der Waals surface area contributed by atoms with Crippen LogP contribution in [0.25, 0.3) is 22.4 Å².